The van der Waals surface area contributed by atoms with Gasteiger partial charge < -0.3 is 9.80 Å². The number of carbonyl (C=O) groups is 2. The molecule has 1 N–H and O–H groups in total. The lowest BCUT2D eigenvalue weighted by molar-refractivity contribution is -0.915. The number of rotatable bonds is 3. The van der Waals surface area contributed by atoms with Gasteiger partial charge in [-0.1, -0.05) is 41.9 Å². The van der Waals surface area contributed by atoms with E-state index in [1.807, 2.05) is 55.5 Å². The van der Waals surface area contributed by atoms with Crippen LogP contribution in [0.15, 0.2) is 48.5 Å². The number of nitrogens with zero attached hydrogens (tertiary/aromatic N) is 2. The molecule has 2 saturated heterocycles. The topological polar surface area (TPSA) is 45.1 Å². The van der Waals surface area contributed by atoms with Crippen molar-refractivity contribution < 1.29 is 14.5 Å². The number of nitrogens with one attached hydrogen (secondary N) is 1. The number of anilines is 2. The molecule has 0 spiro atoms. The summed E-state index contributed by atoms with van der Waals surface area (Å²) in [6.45, 7) is 5.20. The third kappa shape index (κ3) is 3.33. The zero-order valence-electron chi connectivity index (χ0n) is 15.3. The fourth-order valence-electron chi connectivity index (χ4n) is 4.11. The molecule has 0 aliphatic carbocycles. The zero-order chi connectivity index (χ0) is 19.0. The first kappa shape index (κ1) is 18.0. The number of halogens is 1. The summed E-state index contributed by atoms with van der Waals surface area (Å²) in [6.07, 6.45) is 0.286. The minimum atomic E-state index is -0.287. The Balaban J connectivity index is 1.46. The maximum absolute atomic E-state index is 13.0. The van der Waals surface area contributed by atoms with Crippen LogP contribution in [0, 0.1) is 6.92 Å². The molecule has 2 aromatic carbocycles. The Labute approximate surface area is 164 Å². The van der Waals surface area contributed by atoms with E-state index in [1.165, 1.54) is 9.80 Å². The van der Waals surface area contributed by atoms with Gasteiger partial charge in [0.2, 0.25) is 5.91 Å². The molecule has 2 aromatic rings. The van der Waals surface area contributed by atoms with Crippen LogP contribution in [-0.4, -0.2) is 44.0 Å². The predicted molar refractivity (Wildman–Crippen MR) is 106 cm³/mol. The van der Waals surface area contributed by atoms with E-state index in [-0.39, 0.29) is 24.3 Å². The van der Waals surface area contributed by atoms with Crippen LogP contribution >= 0.6 is 11.6 Å². The van der Waals surface area contributed by atoms with Gasteiger partial charge in [-0.15, -0.1) is 0 Å². The number of imide groups is 1. The first-order chi connectivity index (χ1) is 13.1. The zero-order valence-corrected chi connectivity index (χ0v) is 16.1. The Bertz CT molecular complexity index is 877. The molecular formula is C21H23ClN3O2+. The van der Waals surface area contributed by atoms with Crippen LogP contribution in [0.5, 0.6) is 0 Å². The second kappa shape index (κ2) is 7.33. The number of piperazine rings is 1. The number of quaternary nitrogens is 1. The molecular weight excluding hydrogens is 362 g/mol. The molecule has 0 aromatic heterocycles. The van der Waals surface area contributed by atoms with E-state index < -0.39 is 0 Å². The van der Waals surface area contributed by atoms with E-state index >= 15 is 0 Å². The van der Waals surface area contributed by atoms with E-state index in [0.29, 0.717) is 5.69 Å². The van der Waals surface area contributed by atoms with Gasteiger partial charge in [0.25, 0.3) is 5.91 Å². The first-order valence-corrected chi connectivity index (χ1v) is 9.70. The molecule has 6 heteroatoms. The SMILES string of the molecule is Cc1ccccc1N1C(=O)C[C@H]([NH+]2CCN(c3ccccc3Cl)CC2)C1=O. The van der Waals surface area contributed by atoms with Gasteiger partial charge in [-0.3, -0.25) is 9.59 Å². The van der Waals surface area contributed by atoms with E-state index in [2.05, 4.69) is 4.90 Å². The average molecular weight is 385 g/mol. The summed E-state index contributed by atoms with van der Waals surface area (Å²) in [5.41, 5.74) is 2.69. The van der Waals surface area contributed by atoms with Crippen LogP contribution in [0.1, 0.15) is 12.0 Å². The predicted octanol–water partition coefficient (Wildman–Crippen LogP) is 1.69. The number of aryl methyl sites for hydroxylation is 1. The van der Waals surface area contributed by atoms with Crippen molar-refractivity contribution in [1.82, 2.24) is 0 Å². The third-order valence-corrected chi connectivity index (χ3v) is 5.91. The summed E-state index contributed by atoms with van der Waals surface area (Å²) in [7, 11) is 0. The largest absolute Gasteiger partial charge is 0.359 e. The molecule has 27 heavy (non-hydrogen) atoms. The van der Waals surface area contributed by atoms with E-state index in [1.54, 1.807) is 0 Å². The lowest BCUT2D eigenvalue weighted by atomic mass is 10.1. The van der Waals surface area contributed by atoms with Gasteiger partial charge in [0.05, 0.1) is 49.0 Å². The van der Waals surface area contributed by atoms with Gasteiger partial charge in [-0.2, -0.15) is 0 Å². The Morgan fingerprint density at radius 3 is 2.26 bits per heavy atom. The first-order valence-electron chi connectivity index (χ1n) is 9.33. The summed E-state index contributed by atoms with van der Waals surface area (Å²) in [6, 6.07) is 15.1. The molecule has 140 valence electrons. The van der Waals surface area contributed by atoms with Gasteiger partial charge in [-0.25, -0.2) is 4.90 Å². The lowest BCUT2D eigenvalue weighted by Crippen LogP contribution is -3.19. The van der Waals surface area contributed by atoms with E-state index in [9.17, 15) is 9.59 Å². The average Bonchev–Trinajstić information content (AvgIpc) is 2.97. The minimum Gasteiger partial charge on any atom is -0.359 e. The highest BCUT2D eigenvalue weighted by molar-refractivity contribution is 6.33. The van der Waals surface area contributed by atoms with Crippen LogP contribution in [-0.2, 0) is 9.59 Å². The van der Waals surface area contributed by atoms with Crippen LogP contribution in [0.4, 0.5) is 11.4 Å². The standard InChI is InChI=1S/C21H22ClN3O2/c1-15-6-2-4-8-17(15)25-20(26)14-19(21(25)27)24-12-10-23(11-13-24)18-9-5-3-7-16(18)22/h2-9,19H,10-14H2,1H3/p+1/t19-/m0/s1. The summed E-state index contributed by atoms with van der Waals surface area (Å²) in [5, 5.41) is 0.749. The van der Waals surface area contributed by atoms with Gasteiger partial charge >= 0.3 is 0 Å². The van der Waals surface area contributed by atoms with Crippen molar-refractivity contribution in [1.29, 1.82) is 0 Å². The van der Waals surface area contributed by atoms with Crippen molar-refractivity contribution >= 4 is 34.8 Å². The molecule has 5 nitrogen and oxygen atoms in total. The molecule has 1 atom stereocenters. The highest BCUT2D eigenvalue weighted by Gasteiger charge is 2.46. The molecule has 2 amide bonds. The quantitative estimate of drug-likeness (QED) is 0.819. The molecule has 0 saturated carbocycles. The number of para-hydroxylation sites is 2. The minimum absolute atomic E-state index is 0.0736. The van der Waals surface area contributed by atoms with Crippen LogP contribution in [0.2, 0.25) is 5.02 Å². The van der Waals surface area contributed by atoms with Crippen molar-refractivity contribution in [2.75, 3.05) is 36.0 Å². The Morgan fingerprint density at radius 2 is 1.59 bits per heavy atom. The number of hydrogen-bond acceptors (Lipinski definition) is 3. The van der Waals surface area contributed by atoms with Gasteiger partial charge in [0.1, 0.15) is 0 Å². The summed E-state index contributed by atoms with van der Waals surface area (Å²) in [5.74, 6) is -0.171. The molecule has 2 fully saturated rings. The van der Waals surface area contributed by atoms with Crippen LogP contribution in [0.3, 0.4) is 0 Å². The number of carbonyl (C=O) groups excluding carboxylic acids is 2. The van der Waals surface area contributed by atoms with Crippen LogP contribution < -0.4 is 14.7 Å². The Morgan fingerprint density at radius 1 is 0.963 bits per heavy atom. The molecule has 2 aliphatic heterocycles. The van der Waals surface area contributed by atoms with Gasteiger partial charge in [0.15, 0.2) is 6.04 Å². The third-order valence-electron chi connectivity index (χ3n) is 5.59. The van der Waals surface area contributed by atoms with Crippen molar-refractivity contribution in [3.05, 3.63) is 59.1 Å². The number of hydrogen-bond donors (Lipinski definition) is 1. The number of amides is 2. The molecule has 2 aliphatic rings. The Hall–Kier alpha value is -2.37. The summed E-state index contributed by atoms with van der Waals surface area (Å²) >= 11 is 6.31. The van der Waals surface area contributed by atoms with Crippen molar-refractivity contribution in [3.63, 3.8) is 0 Å². The van der Waals surface area contributed by atoms with Crippen molar-refractivity contribution in [3.8, 4) is 0 Å². The summed E-state index contributed by atoms with van der Waals surface area (Å²) < 4.78 is 0. The maximum Gasteiger partial charge on any atom is 0.292 e. The second-order valence-corrected chi connectivity index (χ2v) is 7.61. The van der Waals surface area contributed by atoms with Crippen LogP contribution in [0.25, 0.3) is 0 Å². The fraction of sp³-hybridized carbons (Fsp3) is 0.333. The highest BCUT2D eigenvalue weighted by Crippen LogP contribution is 2.26. The van der Waals surface area contributed by atoms with Gasteiger partial charge in [0, 0.05) is 0 Å². The van der Waals surface area contributed by atoms with E-state index in [4.69, 9.17) is 11.6 Å². The maximum atomic E-state index is 13.0. The lowest BCUT2D eigenvalue weighted by Gasteiger charge is -2.36. The highest BCUT2D eigenvalue weighted by atomic mass is 35.5. The summed E-state index contributed by atoms with van der Waals surface area (Å²) in [4.78, 5) is 30.4. The molecule has 2 heterocycles. The van der Waals surface area contributed by atoms with Crippen molar-refractivity contribution in [2.24, 2.45) is 0 Å². The molecule has 0 bridgehead atoms. The molecule has 0 unspecified atom stereocenters. The second-order valence-electron chi connectivity index (χ2n) is 7.21. The normalized spacial score (nSPS) is 21.2. The van der Waals surface area contributed by atoms with Crippen molar-refractivity contribution in [2.45, 2.75) is 19.4 Å². The smallest absolute Gasteiger partial charge is 0.292 e. The monoisotopic (exact) mass is 384 g/mol. The van der Waals surface area contributed by atoms with Gasteiger partial charge in [-0.05, 0) is 30.7 Å². The van der Waals surface area contributed by atoms with E-state index in [0.717, 1.165) is 42.5 Å². The molecule has 4 rings (SSSR count). The Kier molecular flexibility index (Phi) is 4.89. The fourth-order valence-corrected chi connectivity index (χ4v) is 4.37. The number of benzene rings is 2. The molecule has 0 radical (unpaired) electrons.